The van der Waals surface area contributed by atoms with Gasteiger partial charge in [-0.15, -0.1) is 0 Å². The molecule has 0 unspecified atom stereocenters. The van der Waals surface area contributed by atoms with Crippen molar-refractivity contribution in [2.45, 2.75) is 82.4 Å². The van der Waals surface area contributed by atoms with Crippen molar-refractivity contribution in [1.29, 1.82) is 0 Å². The van der Waals surface area contributed by atoms with E-state index in [1.807, 2.05) is 6.92 Å². The summed E-state index contributed by atoms with van der Waals surface area (Å²) in [7, 11) is -3.77. The summed E-state index contributed by atoms with van der Waals surface area (Å²) in [5, 5.41) is 4.58. The van der Waals surface area contributed by atoms with E-state index in [0.717, 1.165) is 37.7 Å². The van der Waals surface area contributed by atoms with E-state index in [1.54, 1.807) is 12.1 Å². The molecule has 0 bridgehead atoms. The van der Waals surface area contributed by atoms with Crippen LogP contribution in [-0.4, -0.2) is 32.9 Å². The van der Waals surface area contributed by atoms with Gasteiger partial charge in [-0.1, -0.05) is 69.1 Å². The maximum atomic E-state index is 12.8. The molecule has 1 saturated carbocycles. The fourth-order valence-electron chi connectivity index (χ4n) is 4.80. The molecule has 33 heavy (non-hydrogen) atoms. The van der Waals surface area contributed by atoms with Crippen molar-refractivity contribution < 1.29 is 27.0 Å². The Morgan fingerprint density at radius 2 is 1.52 bits per heavy atom. The lowest BCUT2D eigenvalue weighted by Gasteiger charge is -2.37. The second kappa shape index (κ2) is 11.2. The van der Waals surface area contributed by atoms with Crippen molar-refractivity contribution in [1.82, 2.24) is 10.6 Å². The smallest absolute Gasteiger partial charge is 0.277 e. The second-order valence-corrected chi connectivity index (χ2v) is 10.9. The molecule has 4 amide bonds. The molecule has 1 heterocycles. The van der Waals surface area contributed by atoms with Gasteiger partial charge < -0.3 is 0 Å². The average Bonchev–Trinajstić information content (AvgIpc) is 2.77. The van der Waals surface area contributed by atoms with Gasteiger partial charge in [0.1, 0.15) is 5.41 Å². The van der Waals surface area contributed by atoms with E-state index >= 15 is 0 Å². The zero-order chi connectivity index (χ0) is 23.9. The fourth-order valence-corrected chi connectivity index (χ4v) is 5.75. The highest BCUT2D eigenvalue weighted by Crippen LogP contribution is 2.40. The van der Waals surface area contributed by atoms with Crippen LogP contribution in [0.5, 0.6) is 0 Å². The van der Waals surface area contributed by atoms with Gasteiger partial charge in [0.15, 0.2) is 0 Å². The van der Waals surface area contributed by atoms with Gasteiger partial charge >= 0.3 is 6.03 Å². The molecule has 1 saturated heterocycles. The molecule has 1 aromatic carbocycles. The molecule has 0 aromatic heterocycles. The van der Waals surface area contributed by atoms with Crippen molar-refractivity contribution >= 4 is 28.0 Å². The number of imide groups is 2. The van der Waals surface area contributed by atoms with Crippen LogP contribution in [0.25, 0.3) is 0 Å². The number of carbonyl (C=O) groups is 3. The molecule has 0 radical (unpaired) electrons. The van der Waals surface area contributed by atoms with Gasteiger partial charge in [0, 0.05) is 0 Å². The van der Waals surface area contributed by atoms with Gasteiger partial charge in [0.2, 0.25) is 11.8 Å². The third-order valence-corrected chi connectivity index (χ3v) is 8.06. The summed E-state index contributed by atoms with van der Waals surface area (Å²) < 4.78 is 29.6. The van der Waals surface area contributed by atoms with Crippen LogP contribution in [-0.2, 0) is 23.9 Å². The van der Waals surface area contributed by atoms with E-state index in [0.29, 0.717) is 38.0 Å². The highest BCUT2D eigenvalue weighted by atomic mass is 32.2. The Hall–Kier alpha value is -2.26. The van der Waals surface area contributed by atoms with E-state index in [4.69, 9.17) is 4.18 Å². The molecule has 0 spiro atoms. The van der Waals surface area contributed by atoms with Crippen molar-refractivity contribution in [3.63, 3.8) is 0 Å². The monoisotopic (exact) mass is 478 g/mol. The van der Waals surface area contributed by atoms with Crippen LogP contribution >= 0.6 is 0 Å². The predicted octanol–water partition coefficient (Wildman–Crippen LogP) is 3.97. The Labute approximate surface area is 196 Å². The van der Waals surface area contributed by atoms with Crippen molar-refractivity contribution in [2.24, 2.45) is 11.3 Å². The SMILES string of the molecule is Cc1ccc(S(=O)(=O)OCCCCCCC2(CC3CCCCC3)C(=O)NC(=O)NC2=O)cc1. The standard InChI is InChI=1S/C24H34N2O6S/c1-18-11-13-20(14-12-18)33(30,31)32-16-8-3-2-7-15-24(17-19-9-5-4-6-10-19)21(27)25-23(29)26-22(24)28/h11-14,19H,2-10,15-17H2,1H3,(H2,25,26,27,28,29). The van der Waals surface area contributed by atoms with Gasteiger partial charge in [-0.3, -0.25) is 24.4 Å². The van der Waals surface area contributed by atoms with Gasteiger partial charge in [0.05, 0.1) is 11.5 Å². The molecule has 8 nitrogen and oxygen atoms in total. The molecule has 2 N–H and O–H groups in total. The first kappa shape index (κ1) is 25.4. The minimum Gasteiger partial charge on any atom is -0.277 e. The Morgan fingerprint density at radius 1 is 0.909 bits per heavy atom. The number of rotatable bonds is 11. The van der Waals surface area contributed by atoms with Crippen LogP contribution in [0.3, 0.4) is 0 Å². The lowest BCUT2D eigenvalue weighted by atomic mass is 9.70. The van der Waals surface area contributed by atoms with Crippen LogP contribution in [0.2, 0.25) is 0 Å². The van der Waals surface area contributed by atoms with Crippen molar-refractivity contribution in [2.75, 3.05) is 6.61 Å². The molecular formula is C24H34N2O6S. The maximum Gasteiger partial charge on any atom is 0.328 e. The average molecular weight is 479 g/mol. The largest absolute Gasteiger partial charge is 0.328 e. The van der Waals surface area contributed by atoms with Crippen LogP contribution < -0.4 is 10.6 Å². The Kier molecular flexibility index (Phi) is 8.64. The number of barbiturate groups is 1. The van der Waals surface area contributed by atoms with E-state index in [-0.39, 0.29) is 11.5 Å². The number of unbranched alkanes of at least 4 members (excludes halogenated alkanes) is 3. The Balaban J connectivity index is 1.47. The first-order chi connectivity index (χ1) is 15.7. The summed E-state index contributed by atoms with van der Waals surface area (Å²) in [4.78, 5) is 37.3. The van der Waals surface area contributed by atoms with Gasteiger partial charge in [-0.05, 0) is 44.2 Å². The normalized spacial score (nSPS) is 19.2. The molecule has 2 aliphatic rings. The van der Waals surface area contributed by atoms with E-state index in [9.17, 15) is 22.8 Å². The van der Waals surface area contributed by atoms with Crippen molar-refractivity contribution in [3.8, 4) is 0 Å². The lowest BCUT2D eigenvalue weighted by molar-refractivity contribution is -0.146. The van der Waals surface area contributed by atoms with Crippen LogP contribution in [0, 0.1) is 18.3 Å². The minimum atomic E-state index is -3.77. The Bertz CT molecular complexity index is 932. The molecule has 1 aliphatic heterocycles. The molecule has 3 rings (SSSR count). The van der Waals surface area contributed by atoms with Gasteiger partial charge in [0.25, 0.3) is 10.1 Å². The molecular weight excluding hydrogens is 444 g/mol. The number of hydrogen-bond donors (Lipinski definition) is 2. The van der Waals surface area contributed by atoms with Gasteiger partial charge in [-0.2, -0.15) is 8.42 Å². The highest BCUT2D eigenvalue weighted by Gasteiger charge is 2.50. The first-order valence-electron chi connectivity index (χ1n) is 11.9. The predicted molar refractivity (Wildman–Crippen MR) is 123 cm³/mol. The van der Waals surface area contributed by atoms with Gasteiger partial charge in [-0.25, -0.2) is 4.79 Å². The summed E-state index contributed by atoms with van der Waals surface area (Å²) >= 11 is 0. The van der Waals surface area contributed by atoms with Crippen molar-refractivity contribution in [3.05, 3.63) is 29.8 Å². The summed E-state index contributed by atoms with van der Waals surface area (Å²) in [5.74, 6) is -0.674. The summed E-state index contributed by atoms with van der Waals surface area (Å²) in [6.45, 7) is 1.97. The quantitative estimate of drug-likeness (QED) is 0.282. The number of aryl methyl sites for hydroxylation is 1. The van der Waals surface area contributed by atoms with E-state index < -0.39 is 33.4 Å². The van der Waals surface area contributed by atoms with Crippen LogP contribution in [0.1, 0.15) is 76.2 Å². The lowest BCUT2D eigenvalue weighted by Crippen LogP contribution is -2.62. The Morgan fingerprint density at radius 3 is 2.15 bits per heavy atom. The second-order valence-electron chi connectivity index (χ2n) is 9.28. The topological polar surface area (TPSA) is 119 Å². The molecule has 182 valence electrons. The third-order valence-electron chi connectivity index (χ3n) is 6.73. The molecule has 9 heteroatoms. The summed E-state index contributed by atoms with van der Waals surface area (Å²) in [6.07, 6.45) is 8.87. The van der Waals surface area contributed by atoms with E-state index in [1.165, 1.54) is 18.6 Å². The third kappa shape index (κ3) is 6.63. The molecule has 0 atom stereocenters. The fraction of sp³-hybridized carbons (Fsp3) is 0.625. The number of nitrogens with one attached hydrogen (secondary N) is 2. The summed E-state index contributed by atoms with van der Waals surface area (Å²) in [6, 6.07) is 5.76. The number of carbonyl (C=O) groups excluding carboxylic acids is 3. The highest BCUT2D eigenvalue weighted by molar-refractivity contribution is 7.86. The molecule has 2 fully saturated rings. The molecule has 1 aromatic rings. The number of hydrogen-bond acceptors (Lipinski definition) is 6. The zero-order valence-electron chi connectivity index (χ0n) is 19.2. The first-order valence-corrected chi connectivity index (χ1v) is 13.3. The van der Waals surface area contributed by atoms with E-state index in [2.05, 4.69) is 10.6 Å². The maximum absolute atomic E-state index is 12.8. The molecule has 1 aliphatic carbocycles. The number of benzene rings is 1. The number of urea groups is 1. The zero-order valence-corrected chi connectivity index (χ0v) is 20.0. The summed E-state index contributed by atoms with van der Waals surface area (Å²) in [5.41, 5.74) is -0.235. The van der Waals surface area contributed by atoms with Crippen LogP contribution in [0.4, 0.5) is 4.79 Å². The number of amides is 4. The minimum absolute atomic E-state index is 0.0822. The van der Waals surface area contributed by atoms with Crippen LogP contribution in [0.15, 0.2) is 29.2 Å².